The van der Waals surface area contributed by atoms with Gasteiger partial charge in [0.25, 0.3) is 0 Å². The van der Waals surface area contributed by atoms with Gasteiger partial charge in [0.05, 0.1) is 0 Å². The summed E-state index contributed by atoms with van der Waals surface area (Å²) < 4.78 is 0. The highest BCUT2D eigenvalue weighted by Crippen LogP contribution is 2.38. The summed E-state index contributed by atoms with van der Waals surface area (Å²) in [5, 5.41) is 0. The Hall–Kier alpha value is -0.860. The molecule has 2 heteroatoms. The molecule has 2 aliphatic rings. The summed E-state index contributed by atoms with van der Waals surface area (Å²) in [7, 11) is 2.30. The molecule has 2 nitrogen and oxygen atoms in total. The first kappa shape index (κ1) is 13.1. The van der Waals surface area contributed by atoms with Crippen molar-refractivity contribution in [1.82, 2.24) is 4.90 Å². The zero-order valence-electron chi connectivity index (χ0n) is 12.2. The van der Waals surface area contributed by atoms with E-state index in [0.717, 1.165) is 18.5 Å². The van der Waals surface area contributed by atoms with Crippen LogP contribution in [-0.4, -0.2) is 30.1 Å². The molecule has 0 aliphatic carbocycles. The molecule has 3 rings (SSSR count). The maximum Gasteiger partial charge on any atom is 0.0109 e. The van der Waals surface area contributed by atoms with E-state index >= 15 is 0 Å². The molecule has 2 fully saturated rings. The van der Waals surface area contributed by atoms with Crippen LogP contribution in [0.5, 0.6) is 0 Å². The van der Waals surface area contributed by atoms with Gasteiger partial charge in [-0.1, -0.05) is 29.8 Å². The number of nitrogens with zero attached hydrogens (tertiary/aromatic N) is 1. The largest absolute Gasteiger partial charge is 0.327 e. The van der Waals surface area contributed by atoms with E-state index in [1.807, 2.05) is 0 Å². The lowest BCUT2D eigenvalue weighted by Crippen LogP contribution is -2.46. The highest BCUT2D eigenvalue weighted by atomic mass is 15.2. The molecule has 3 unspecified atom stereocenters. The quantitative estimate of drug-likeness (QED) is 0.903. The average molecular weight is 258 g/mol. The van der Waals surface area contributed by atoms with Crippen molar-refractivity contribution >= 4 is 0 Å². The first-order valence-electron chi connectivity index (χ1n) is 7.66. The second-order valence-corrected chi connectivity index (χ2v) is 6.64. The summed E-state index contributed by atoms with van der Waals surface area (Å²) in [6, 6.07) is 10.7. The van der Waals surface area contributed by atoms with Gasteiger partial charge in [0.15, 0.2) is 0 Å². The maximum absolute atomic E-state index is 6.51. The topological polar surface area (TPSA) is 29.3 Å². The van der Waals surface area contributed by atoms with Crippen LogP contribution in [0.15, 0.2) is 24.3 Å². The number of fused-ring (bicyclic) bond motifs is 2. The second kappa shape index (κ2) is 5.26. The lowest BCUT2D eigenvalue weighted by molar-refractivity contribution is 0.120. The van der Waals surface area contributed by atoms with Gasteiger partial charge >= 0.3 is 0 Å². The molecule has 1 aromatic carbocycles. The molecule has 2 N–H and O–H groups in total. The molecule has 2 heterocycles. The van der Waals surface area contributed by atoms with E-state index in [1.54, 1.807) is 0 Å². The monoisotopic (exact) mass is 258 g/mol. The summed E-state index contributed by atoms with van der Waals surface area (Å²) in [5.41, 5.74) is 9.25. The normalized spacial score (nSPS) is 32.5. The Balaban J connectivity index is 1.64. The first-order chi connectivity index (χ1) is 9.13. The number of benzene rings is 1. The van der Waals surface area contributed by atoms with Gasteiger partial charge < -0.3 is 10.6 Å². The van der Waals surface area contributed by atoms with Crippen LogP contribution in [0.1, 0.15) is 36.8 Å². The first-order valence-corrected chi connectivity index (χ1v) is 7.66. The van der Waals surface area contributed by atoms with Crippen molar-refractivity contribution < 1.29 is 0 Å². The summed E-state index contributed by atoms with van der Waals surface area (Å²) in [4.78, 5) is 2.59. The number of nitrogens with two attached hydrogens (primary N) is 1. The van der Waals surface area contributed by atoms with E-state index in [0.29, 0.717) is 12.0 Å². The maximum atomic E-state index is 6.51. The van der Waals surface area contributed by atoms with Crippen molar-refractivity contribution in [2.75, 3.05) is 7.05 Å². The fourth-order valence-electron chi connectivity index (χ4n) is 4.08. The molecule has 0 radical (unpaired) electrons. The number of aryl methyl sites for hydroxylation is 1. The van der Waals surface area contributed by atoms with E-state index in [1.165, 1.54) is 36.8 Å². The average Bonchev–Trinajstić information content (AvgIpc) is 2.62. The predicted octanol–water partition coefficient (Wildman–Crippen LogP) is 2.74. The standard InChI is InChI=1S/C17H26N2/c1-12-4-3-5-13(8-12)9-17(18)14-10-15-6-7-16(11-14)19(15)2/h3-5,8,14-17H,6-7,9-11,18H2,1-2H3. The third-order valence-corrected chi connectivity index (χ3v) is 5.29. The van der Waals surface area contributed by atoms with Gasteiger partial charge in [-0.05, 0) is 57.6 Å². The lowest BCUT2D eigenvalue weighted by Gasteiger charge is -2.38. The van der Waals surface area contributed by atoms with Crippen LogP contribution < -0.4 is 5.73 Å². The van der Waals surface area contributed by atoms with Crippen LogP contribution in [0.4, 0.5) is 0 Å². The molecule has 0 amide bonds. The minimum atomic E-state index is 0.332. The lowest BCUT2D eigenvalue weighted by atomic mass is 9.83. The van der Waals surface area contributed by atoms with Crippen LogP contribution in [0.2, 0.25) is 0 Å². The van der Waals surface area contributed by atoms with Gasteiger partial charge in [-0.3, -0.25) is 0 Å². The summed E-state index contributed by atoms with van der Waals surface area (Å²) in [5.74, 6) is 0.717. The Morgan fingerprint density at radius 3 is 2.58 bits per heavy atom. The molecular weight excluding hydrogens is 232 g/mol. The van der Waals surface area contributed by atoms with E-state index in [2.05, 4.69) is 43.1 Å². The van der Waals surface area contributed by atoms with E-state index in [9.17, 15) is 0 Å². The molecule has 104 valence electrons. The van der Waals surface area contributed by atoms with Crippen LogP contribution >= 0.6 is 0 Å². The molecule has 2 aliphatic heterocycles. The van der Waals surface area contributed by atoms with Gasteiger partial charge in [-0.15, -0.1) is 0 Å². The van der Waals surface area contributed by atoms with E-state index < -0.39 is 0 Å². The van der Waals surface area contributed by atoms with Crippen LogP contribution in [-0.2, 0) is 6.42 Å². The molecule has 0 aromatic heterocycles. The smallest absolute Gasteiger partial charge is 0.0109 e. The highest BCUT2D eigenvalue weighted by molar-refractivity contribution is 5.23. The molecule has 2 saturated heterocycles. The van der Waals surface area contributed by atoms with Crippen molar-refractivity contribution in [1.29, 1.82) is 0 Å². The Morgan fingerprint density at radius 2 is 1.95 bits per heavy atom. The van der Waals surface area contributed by atoms with Crippen LogP contribution in [0, 0.1) is 12.8 Å². The van der Waals surface area contributed by atoms with E-state index in [4.69, 9.17) is 5.73 Å². The third kappa shape index (κ3) is 2.70. The van der Waals surface area contributed by atoms with E-state index in [-0.39, 0.29) is 0 Å². The van der Waals surface area contributed by atoms with Crippen molar-refractivity contribution in [2.45, 2.75) is 57.2 Å². The van der Waals surface area contributed by atoms with Crippen molar-refractivity contribution in [3.8, 4) is 0 Å². The van der Waals surface area contributed by atoms with Gasteiger partial charge in [0.1, 0.15) is 0 Å². The van der Waals surface area contributed by atoms with Crippen LogP contribution in [0.3, 0.4) is 0 Å². The molecule has 19 heavy (non-hydrogen) atoms. The highest BCUT2D eigenvalue weighted by Gasteiger charge is 2.40. The van der Waals surface area contributed by atoms with Gasteiger partial charge in [-0.2, -0.15) is 0 Å². The minimum absolute atomic E-state index is 0.332. The zero-order valence-corrected chi connectivity index (χ0v) is 12.2. The van der Waals surface area contributed by atoms with Gasteiger partial charge in [0.2, 0.25) is 0 Å². The third-order valence-electron chi connectivity index (χ3n) is 5.29. The Kier molecular flexibility index (Phi) is 3.64. The number of rotatable bonds is 3. The molecule has 2 bridgehead atoms. The summed E-state index contributed by atoms with van der Waals surface area (Å²) >= 11 is 0. The molecule has 0 saturated carbocycles. The minimum Gasteiger partial charge on any atom is -0.327 e. The molecule has 1 aromatic rings. The number of piperidine rings is 1. The van der Waals surface area contributed by atoms with Crippen molar-refractivity contribution in [2.24, 2.45) is 11.7 Å². The fraction of sp³-hybridized carbons (Fsp3) is 0.647. The Bertz CT molecular complexity index is 429. The molecule has 3 atom stereocenters. The number of hydrogen-bond acceptors (Lipinski definition) is 2. The predicted molar refractivity (Wildman–Crippen MR) is 80.2 cm³/mol. The Labute approximate surface area is 117 Å². The SMILES string of the molecule is Cc1cccc(CC(N)C2CC3CCC(C2)N3C)c1. The second-order valence-electron chi connectivity index (χ2n) is 6.64. The molecule has 0 spiro atoms. The summed E-state index contributed by atoms with van der Waals surface area (Å²) in [6.45, 7) is 2.16. The van der Waals surface area contributed by atoms with Crippen molar-refractivity contribution in [3.05, 3.63) is 35.4 Å². The van der Waals surface area contributed by atoms with Gasteiger partial charge in [0, 0.05) is 18.1 Å². The number of hydrogen-bond donors (Lipinski definition) is 1. The summed E-state index contributed by atoms with van der Waals surface area (Å²) in [6.07, 6.45) is 6.42. The fourth-order valence-corrected chi connectivity index (χ4v) is 4.08. The van der Waals surface area contributed by atoms with Crippen molar-refractivity contribution in [3.63, 3.8) is 0 Å². The van der Waals surface area contributed by atoms with Crippen LogP contribution in [0.25, 0.3) is 0 Å². The molecular formula is C17H26N2. The Morgan fingerprint density at radius 1 is 1.26 bits per heavy atom. The zero-order chi connectivity index (χ0) is 13.4. The van der Waals surface area contributed by atoms with Gasteiger partial charge in [-0.25, -0.2) is 0 Å².